The van der Waals surface area contributed by atoms with Gasteiger partial charge in [0.2, 0.25) is 11.6 Å². The molecule has 4 rings (SSSR count). The Labute approximate surface area is 196 Å². The first kappa shape index (κ1) is 22.8. The molecule has 2 aromatic rings. The van der Waals surface area contributed by atoms with Crippen LogP contribution in [-0.4, -0.2) is 41.3 Å². The van der Waals surface area contributed by atoms with E-state index in [1.165, 1.54) is 18.2 Å². The highest BCUT2D eigenvalue weighted by Gasteiger charge is 2.55. The molecule has 1 aliphatic heterocycles. The molecule has 0 spiro atoms. The summed E-state index contributed by atoms with van der Waals surface area (Å²) in [5.74, 6) is -3.16. The van der Waals surface area contributed by atoms with Crippen LogP contribution in [0.2, 0.25) is 10.0 Å². The molecule has 0 bridgehead atoms. The van der Waals surface area contributed by atoms with Crippen LogP contribution in [0.5, 0.6) is 0 Å². The van der Waals surface area contributed by atoms with Gasteiger partial charge >= 0.3 is 5.97 Å². The van der Waals surface area contributed by atoms with Crippen molar-refractivity contribution in [2.75, 3.05) is 12.4 Å². The van der Waals surface area contributed by atoms with E-state index in [2.05, 4.69) is 10.6 Å². The number of aliphatic carboxylic acids is 1. The van der Waals surface area contributed by atoms with Gasteiger partial charge in [0.25, 0.3) is 0 Å². The van der Waals surface area contributed by atoms with Gasteiger partial charge < -0.3 is 15.7 Å². The van der Waals surface area contributed by atoms with Gasteiger partial charge in [0.05, 0.1) is 10.0 Å². The van der Waals surface area contributed by atoms with E-state index >= 15 is 0 Å². The summed E-state index contributed by atoms with van der Waals surface area (Å²) in [6, 6.07) is 11.9. The fourth-order valence-corrected chi connectivity index (χ4v) is 5.63. The summed E-state index contributed by atoms with van der Waals surface area (Å²) < 4.78 is 0. The van der Waals surface area contributed by atoms with Crippen molar-refractivity contribution in [1.82, 2.24) is 5.32 Å². The fraction of sp³-hybridized carbons (Fsp3) is 0.375. The topological polar surface area (TPSA) is 95.5 Å². The van der Waals surface area contributed by atoms with Crippen molar-refractivity contribution in [1.29, 1.82) is 0 Å². The van der Waals surface area contributed by atoms with Crippen molar-refractivity contribution >= 4 is 46.4 Å². The van der Waals surface area contributed by atoms with Crippen molar-refractivity contribution in [3.63, 3.8) is 0 Å². The number of hydrogen-bond donors (Lipinski definition) is 3. The molecule has 0 saturated heterocycles. The number of carbonyl (C=O) groups excluding carboxylic acids is 2. The van der Waals surface area contributed by atoms with E-state index in [0.717, 1.165) is 30.5 Å². The molecular formula is C24H24Cl2N2O4. The lowest BCUT2D eigenvalue weighted by Gasteiger charge is -2.46. The van der Waals surface area contributed by atoms with Crippen LogP contribution < -0.4 is 10.6 Å². The molecule has 1 saturated carbocycles. The molecule has 0 aromatic heterocycles. The van der Waals surface area contributed by atoms with Gasteiger partial charge in [-0.3, -0.25) is 14.4 Å². The Balaban J connectivity index is 1.74. The normalized spacial score (nSPS) is 23.4. The van der Waals surface area contributed by atoms with Crippen LogP contribution in [0.4, 0.5) is 5.69 Å². The van der Waals surface area contributed by atoms with Crippen LogP contribution >= 0.6 is 23.2 Å². The van der Waals surface area contributed by atoms with Gasteiger partial charge in [-0.15, -0.1) is 0 Å². The van der Waals surface area contributed by atoms with E-state index in [4.69, 9.17) is 23.2 Å². The number of carbonyl (C=O) groups is 3. The molecule has 1 fully saturated rings. The first-order valence-electron chi connectivity index (χ1n) is 10.6. The lowest BCUT2D eigenvalue weighted by atomic mass is 9.65. The number of halogens is 2. The Morgan fingerprint density at radius 1 is 1.12 bits per heavy atom. The Morgan fingerprint density at radius 3 is 2.56 bits per heavy atom. The molecule has 1 aliphatic carbocycles. The number of Topliss-reactive ketones (excluding diaryl/α,β-unsaturated/α-hetero) is 2. The minimum Gasteiger partial charge on any atom is -0.480 e. The second kappa shape index (κ2) is 8.85. The largest absolute Gasteiger partial charge is 0.480 e. The lowest BCUT2D eigenvalue weighted by Crippen LogP contribution is -2.60. The lowest BCUT2D eigenvalue weighted by molar-refractivity contribution is -0.148. The zero-order chi connectivity index (χ0) is 23.0. The number of rotatable bonds is 7. The molecule has 168 valence electrons. The van der Waals surface area contributed by atoms with Gasteiger partial charge in [0.1, 0.15) is 5.54 Å². The highest BCUT2D eigenvalue weighted by atomic mass is 35.5. The number of fused-ring (bicyclic) bond motifs is 2. The molecule has 4 unspecified atom stereocenters. The van der Waals surface area contributed by atoms with Crippen LogP contribution in [0.3, 0.4) is 0 Å². The molecule has 4 atom stereocenters. The van der Waals surface area contributed by atoms with Crippen molar-refractivity contribution in [2.24, 2.45) is 5.92 Å². The van der Waals surface area contributed by atoms with E-state index in [0.29, 0.717) is 0 Å². The summed E-state index contributed by atoms with van der Waals surface area (Å²) in [7, 11) is 1.54. The number of benzene rings is 2. The molecule has 6 nitrogen and oxygen atoms in total. The average molecular weight is 475 g/mol. The number of carboxylic acids is 1. The minimum absolute atomic E-state index is 0.0290. The zero-order valence-electron chi connectivity index (χ0n) is 17.5. The molecule has 3 N–H and O–H groups in total. The average Bonchev–Trinajstić information content (AvgIpc) is 3.25. The third-order valence-corrected chi connectivity index (χ3v) is 7.61. The van der Waals surface area contributed by atoms with Crippen LogP contribution in [0.15, 0.2) is 42.5 Å². The van der Waals surface area contributed by atoms with E-state index < -0.39 is 35.4 Å². The summed E-state index contributed by atoms with van der Waals surface area (Å²) in [6.45, 7) is 0. The fourth-order valence-electron chi connectivity index (χ4n) is 5.33. The Kier molecular flexibility index (Phi) is 6.30. The predicted molar refractivity (Wildman–Crippen MR) is 124 cm³/mol. The standard InChI is InChI=1S/C24H24Cl2N2O4/c1-27-24(23(31)32,12-20(29)22(30)13-9-10-16(25)17(26)11-13)21-14-5-2-3-7-18(14)28-19-8-4-6-15(19)21/h2-3,5,7,9-11,15,19,21,27-28H,4,6,8,12H2,1H3,(H,31,32). The quantitative estimate of drug-likeness (QED) is 0.402. The number of ketones is 2. The van der Waals surface area contributed by atoms with Crippen LogP contribution in [0, 0.1) is 5.92 Å². The second-order valence-corrected chi connectivity index (χ2v) is 9.31. The molecule has 2 aromatic carbocycles. The maximum Gasteiger partial charge on any atom is 0.325 e. The van der Waals surface area contributed by atoms with E-state index in [1.54, 1.807) is 7.05 Å². The summed E-state index contributed by atoms with van der Waals surface area (Å²) in [5.41, 5.74) is 0.185. The van der Waals surface area contributed by atoms with Gasteiger partial charge in [-0.05, 0) is 55.6 Å². The zero-order valence-corrected chi connectivity index (χ0v) is 19.0. The Morgan fingerprint density at radius 2 is 1.88 bits per heavy atom. The third-order valence-electron chi connectivity index (χ3n) is 6.87. The molecule has 2 aliphatic rings. The molecule has 1 heterocycles. The highest BCUT2D eigenvalue weighted by Crippen LogP contribution is 2.51. The molecule has 0 radical (unpaired) electrons. The predicted octanol–water partition coefficient (Wildman–Crippen LogP) is 4.56. The van der Waals surface area contributed by atoms with Gasteiger partial charge in [-0.25, -0.2) is 0 Å². The van der Waals surface area contributed by atoms with E-state index in [-0.39, 0.29) is 27.6 Å². The van der Waals surface area contributed by atoms with Crippen molar-refractivity contribution in [3.05, 3.63) is 63.6 Å². The number of nitrogens with one attached hydrogen (secondary N) is 2. The second-order valence-electron chi connectivity index (χ2n) is 8.49. The Bertz CT molecular complexity index is 1090. The van der Waals surface area contributed by atoms with Gasteiger partial charge in [0, 0.05) is 29.6 Å². The van der Waals surface area contributed by atoms with Crippen LogP contribution in [0.1, 0.15) is 47.5 Å². The van der Waals surface area contributed by atoms with Crippen LogP contribution in [0.25, 0.3) is 0 Å². The SMILES string of the molecule is CNC(CC(=O)C(=O)c1ccc(Cl)c(Cl)c1)(C(=O)O)C1c2ccccc2NC2CCCC21. The number of para-hydroxylation sites is 1. The van der Waals surface area contributed by atoms with E-state index in [9.17, 15) is 19.5 Å². The third kappa shape index (κ3) is 3.81. The maximum atomic E-state index is 13.1. The smallest absolute Gasteiger partial charge is 0.325 e. The van der Waals surface area contributed by atoms with Crippen molar-refractivity contribution in [3.8, 4) is 0 Å². The molecule has 0 amide bonds. The van der Waals surface area contributed by atoms with Crippen LogP contribution in [-0.2, 0) is 9.59 Å². The first-order chi connectivity index (χ1) is 15.3. The number of likely N-dealkylation sites (N-methyl/N-ethyl adjacent to an activating group) is 1. The first-order valence-corrected chi connectivity index (χ1v) is 11.3. The summed E-state index contributed by atoms with van der Waals surface area (Å²) in [4.78, 5) is 38.8. The highest BCUT2D eigenvalue weighted by molar-refractivity contribution is 6.46. The van der Waals surface area contributed by atoms with Gasteiger partial charge in [0.15, 0.2) is 0 Å². The minimum atomic E-state index is -1.63. The molecule has 32 heavy (non-hydrogen) atoms. The summed E-state index contributed by atoms with van der Waals surface area (Å²) in [5, 5.41) is 17.3. The summed E-state index contributed by atoms with van der Waals surface area (Å²) in [6.07, 6.45) is 2.29. The number of hydrogen-bond acceptors (Lipinski definition) is 5. The Hall–Kier alpha value is -2.41. The van der Waals surface area contributed by atoms with E-state index in [1.807, 2.05) is 24.3 Å². The van der Waals surface area contributed by atoms with Crippen molar-refractivity contribution in [2.45, 2.75) is 43.2 Å². The maximum absolute atomic E-state index is 13.1. The number of anilines is 1. The summed E-state index contributed by atoms with van der Waals surface area (Å²) >= 11 is 11.9. The van der Waals surface area contributed by atoms with Gasteiger partial charge in [-0.2, -0.15) is 0 Å². The number of carboxylic acid groups (broad SMARTS) is 1. The monoisotopic (exact) mass is 474 g/mol. The molecule has 8 heteroatoms. The molecular weight excluding hydrogens is 451 g/mol. The van der Waals surface area contributed by atoms with Gasteiger partial charge in [-0.1, -0.05) is 47.8 Å². The van der Waals surface area contributed by atoms with Crippen molar-refractivity contribution < 1.29 is 19.5 Å².